The highest BCUT2D eigenvalue weighted by atomic mass is 16.5. The summed E-state index contributed by atoms with van der Waals surface area (Å²) in [6, 6.07) is 12.7. The van der Waals surface area contributed by atoms with Gasteiger partial charge < -0.3 is 20.7 Å². The largest absolute Gasteiger partial charge is 0.497 e. The van der Waals surface area contributed by atoms with E-state index in [1.54, 1.807) is 39.4 Å². The van der Waals surface area contributed by atoms with Crippen molar-refractivity contribution in [1.29, 1.82) is 0 Å². The second-order valence-corrected chi connectivity index (χ2v) is 4.86. The lowest BCUT2D eigenvalue weighted by atomic mass is 10.1. The highest BCUT2D eigenvalue weighted by Crippen LogP contribution is 2.26. The SMILES string of the molecule is COc1cccc(Nc2cc(N)ccc2C(=O)N(C)C)c1. The number of carbonyl (C=O) groups is 1. The molecule has 1 amide bonds. The third-order valence-corrected chi connectivity index (χ3v) is 3.03. The number of ether oxygens (including phenoxy) is 1. The molecule has 21 heavy (non-hydrogen) atoms. The third kappa shape index (κ3) is 3.45. The van der Waals surface area contributed by atoms with Gasteiger partial charge >= 0.3 is 0 Å². The van der Waals surface area contributed by atoms with Crippen molar-refractivity contribution in [1.82, 2.24) is 4.90 Å². The van der Waals surface area contributed by atoms with Gasteiger partial charge in [0.05, 0.1) is 18.4 Å². The van der Waals surface area contributed by atoms with Crippen LogP contribution in [0.4, 0.5) is 17.1 Å². The summed E-state index contributed by atoms with van der Waals surface area (Å²) in [5.74, 6) is 0.657. The van der Waals surface area contributed by atoms with Crippen molar-refractivity contribution in [3.05, 3.63) is 48.0 Å². The van der Waals surface area contributed by atoms with Gasteiger partial charge in [-0.25, -0.2) is 0 Å². The summed E-state index contributed by atoms with van der Waals surface area (Å²) in [6.07, 6.45) is 0. The van der Waals surface area contributed by atoms with E-state index < -0.39 is 0 Å². The first kappa shape index (κ1) is 14.7. The Labute approximate surface area is 124 Å². The number of amides is 1. The van der Waals surface area contributed by atoms with Gasteiger partial charge in [0, 0.05) is 31.5 Å². The first-order chi connectivity index (χ1) is 10.0. The van der Waals surface area contributed by atoms with E-state index in [1.165, 1.54) is 4.90 Å². The Bertz CT molecular complexity index is 654. The first-order valence-electron chi connectivity index (χ1n) is 6.53. The number of nitrogen functional groups attached to an aromatic ring is 1. The highest BCUT2D eigenvalue weighted by Gasteiger charge is 2.14. The Hall–Kier alpha value is -2.69. The quantitative estimate of drug-likeness (QED) is 0.848. The molecule has 0 aliphatic heterocycles. The lowest BCUT2D eigenvalue weighted by molar-refractivity contribution is 0.0828. The molecule has 3 N–H and O–H groups in total. The number of carbonyl (C=O) groups excluding carboxylic acids is 1. The van der Waals surface area contributed by atoms with Crippen molar-refractivity contribution < 1.29 is 9.53 Å². The second-order valence-electron chi connectivity index (χ2n) is 4.86. The number of methoxy groups -OCH3 is 1. The third-order valence-electron chi connectivity index (χ3n) is 3.03. The zero-order valence-corrected chi connectivity index (χ0v) is 12.4. The number of hydrogen-bond donors (Lipinski definition) is 2. The van der Waals surface area contributed by atoms with Crippen LogP contribution in [0.15, 0.2) is 42.5 Å². The molecule has 0 atom stereocenters. The number of nitrogens with zero attached hydrogens (tertiary/aromatic N) is 1. The Morgan fingerprint density at radius 1 is 1.19 bits per heavy atom. The number of nitrogens with two attached hydrogens (primary N) is 1. The molecule has 0 fully saturated rings. The molecule has 0 saturated heterocycles. The molecule has 0 aromatic heterocycles. The lowest BCUT2D eigenvalue weighted by Crippen LogP contribution is -2.22. The van der Waals surface area contributed by atoms with Crippen LogP contribution < -0.4 is 15.8 Å². The van der Waals surface area contributed by atoms with Crippen LogP contribution in [0.1, 0.15) is 10.4 Å². The van der Waals surface area contributed by atoms with Crippen LogP contribution >= 0.6 is 0 Å². The van der Waals surface area contributed by atoms with E-state index in [1.807, 2.05) is 24.3 Å². The van der Waals surface area contributed by atoms with Crippen LogP contribution in [-0.2, 0) is 0 Å². The van der Waals surface area contributed by atoms with Crippen LogP contribution in [0, 0.1) is 0 Å². The molecule has 0 bridgehead atoms. The second kappa shape index (κ2) is 6.17. The summed E-state index contributed by atoms with van der Waals surface area (Å²) in [7, 11) is 5.04. The predicted octanol–water partition coefficient (Wildman–Crippen LogP) is 2.72. The van der Waals surface area contributed by atoms with E-state index in [-0.39, 0.29) is 5.91 Å². The molecule has 0 aliphatic rings. The van der Waals surface area contributed by atoms with E-state index in [9.17, 15) is 4.79 Å². The first-order valence-corrected chi connectivity index (χ1v) is 6.53. The summed E-state index contributed by atoms with van der Waals surface area (Å²) in [4.78, 5) is 13.7. The molecule has 2 rings (SSSR count). The van der Waals surface area contributed by atoms with E-state index in [0.717, 1.165) is 11.4 Å². The monoisotopic (exact) mass is 285 g/mol. The summed E-state index contributed by atoms with van der Waals surface area (Å²) in [6.45, 7) is 0. The fraction of sp³-hybridized carbons (Fsp3) is 0.188. The molecule has 5 nitrogen and oxygen atoms in total. The van der Waals surface area contributed by atoms with Gasteiger partial charge in [-0.05, 0) is 30.3 Å². The summed E-state index contributed by atoms with van der Waals surface area (Å²) >= 11 is 0. The van der Waals surface area contributed by atoms with Crippen molar-refractivity contribution in [2.75, 3.05) is 32.3 Å². The maximum Gasteiger partial charge on any atom is 0.255 e. The summed E-state index contributed by atoms with van der Waals surface area (Å²) < 4.78 is 5.19. The molecule has 0 aliphatic carbocycles. The van der Waals surface area contributed by atoms with Crippen LogP contribution in [0.3, 0.4) is 0 Å². The standard InChI is InChI=1S/C16H19N3O2/c1-19(2)16(20)14-8-7-11(17)9-15(14)18-12-5-4-6-13(10-12)21-3/h4-10,18H,17H2,1-3H3. The molecule has 0 heterocycles. The van der Waals surface area contributed by atoms with E-state index in [4.69, 9.17) is 10.5 Å². The van der Waals surface area contributed by atoms with Crippen molar-refractivity contribution in [3.8, 4) is 5.75 Å². The smallest absolute Gasteiger partial charge is 0.255 e. The van der Waals surface area contributed by atoms with E-state index >= 15 is 0 Å². The topological polar surface area (TPSA) is 67.6 Å². The maximum atomic E-state index is 12.2. The summed E-state index contributed by atoms with van der Waals surface area (Å²) in [5, 5.41) is 3.22. The minimum atomic E-state index is -0.0830. The molecular weight excluding hydrogens is 266 g/mol. The Morgan fingerprint density at radius 3 is 2.62 bits per heavy atom. The fourth-order valence-corrected chi connectivity index (χ4v) is 1.95. The van der Waals surface area contributed by atoms with Crippen LogP contribution in [0.2, 0.25) is 0 Å². The maximum absolute atomic E-state index is 12.2. The zero-order valence-electron chi connectivity index (χ0n) is 12.4. The molecule has 2 aromatic carbocycles. The Balaban J connectivity index is 2.38. The van der Waals surface area contributed by atoms with Gasteiger partial charge in [-0.1, -0.05) is 6.07 Å². The van der Waals surface area contributed by atoms with Crippen molar-refractivity contribution >= 4 is 23.0 Å². The predicted molar refractivity (Wildman–Crippen MR) is 85.1 cm³/mol. The number of anilines is 3. The molecule has 2 aromatic rings. The zero-order chi connectivity index (χ0) is 15.4. The van der Waals surface area contributed by atoms with Gasteiger partial charge in [0.25, 0.3) is 5.91 Å². The van der Waals surface area contributed by atoms with Gasteiger partial charge in [0.2, 0.25) is 0 Å². The van der Waals surface area contributed by atoms with Gasteiger partial charge in [0.1, 0.15) is 5.75 Å². The van der Waals surface area contributed by atoms with E-state index in [2.05, 4.69) is 5.32 Å². The van der Waals surface area contributed by atoms with Crippen LogP contribution in [-0.4, -0.2) is 32.0 Å². The Kier molecular flexibility index (Phi) is 4.33. The minimum absolute atomic E-state index is 0.0830. The molecule has 0 radical (unpaired) electrons. The number of benzene rings is 2. The van der Waals surface area contributed by atoms with Crippen LogP contribution in [0.25, 0.3) is 0 Å². The fourth-order valence-electron chi connectivity index (χ4n) is 1.95. The lowest BCUT2D eigenvalue weighted by Gasteiger charge is -2.16. The molecule has 0 saturated carbocycles. The molecule has 0 spiro atoms. The highest BCUT2D eigenvalue weighted by molar-refractivity contribution is 6.00. The minimum Gasteiger partial charge on any atom is -0.497 e. The summed E-state index contributed by atoms with van der Waals surface area (Å²) in [5.41, 5.74) is 8.48. The average molecular weight is 285 g/mol. The average Bonchev–Trinajstić information content (AvgIpc) is 2.47. The molecular formula is C16H19N3O2. The number of rotatable bonds is 4. The number of hydrogen-bond acceptors (Lipinski definition) is 4. The van der Waals surface area contributed by atoms with Gasteiger partial charge in [-0.2, -0.15) is 0 Å². The van der Waals surface area contributed by atoms with Crippen LogP contribution in [0.5, 0.6) is 5.75 Å². The molecule has 110 valence electrons. The van der Waals surface area contributed by atoms with Crippen molar-refractivity contribution in [2.45, 2.75) is 0 Å². The van der Waals surface area contributed by atoms with Gasteiger partial charge in [0.15, 0.2) is 0 Å². The number of nitrogens with one attached hydrogen (secondary N) is 1. The van der Waals surface area contributed by atoms with Crippen molar-refractivity contribution in [2.24, 2.45) is 0 Å². The van der Waals surface area contributed by atoms with Gasteiger partial charge in [-0.15, -0.1) is 0 Å². The van der Waals surface area contributed by atoms with E-state index in [0.29, 0.717) is 16.9 Å². The molecule has 0 unspecified atom stereocenters. The van der Waals surface area contributed by atoms with Gasteiger partial charge in [-0.3, -0.25) is 4.79 Å². The Morgan fingerprint density at radius 2 is 1.95 bits per heavy atom. The molecule has 5 heteroatoms. The normalized spacial score (nSPS) is 10.0. The van der Waals surface area contributed by atoms with Crippen molar-refractivity contribution in [3.63, 3.8) is 0 Å².